The summed E-state index contributed by atoms with van der Waals surface area (Å²) < 4.78 is 0. The van der Waals surface area contributed by atoms with Crippen molar-refractivity contribution in [3.8, 4) is 0 Å². The van der Waals surface area contributed by atoms with Crippen molar-refractivity contribution in [1.29, 1.82) is 0 Å². The van der Waals surface area contributed by atoms with Gasteiger partial charge in [-0.25, -0.2) is 0 Å². The number of likely N-dealkylation sites (N-methyl/N-ethyl adjacent to an activating group) is 1. The zero-order chi connectivity index (χ0) is 12.1. The molecule has 1 aliphatic carbocycles. The fraction of sp³-hybridized carbons (Fsp3) is 0.917. The molecular formula is C12H25N3O. The Kier molecular flexibility index (Phi) is 5.22. The second-order valence-corrected chi connectivity index (χ2v) is 4.91. The van der Waals surface area contributed by atoms with Crippen molar-refractivity contribution in [2.45, 2.75) is 45.2 Å². The van der Waals surface area contributed by atoms with Crippen molar-refractivity contribution < 1.29 is 4.79 Å². The average molecular weight is 227 g/mol. The Balaban J connectivity index is 2.13. The third-order valence-corrected chi connectivity index (χ3v) is 3.49. The molecule has 4 nitrogen and oxygen atoms in total. The predicted octanol–water partition coefficient (Wildman–Crippen LogP) is 0.570. The van der Waals surface area contributed by atoms with Crippen LogP contribution in [0.1, 0.15) is 33.1 Å². The second kappa shape index (κ2) is 6.21. The Morgan fingerprint density at radius 1 is 1.56 bits per heavy atom. The van der Waals surface area contributed by atoms with Crippen molar-refractivity contribution in [1.82, 2.24) is 10.2 Å². The van der Waals surface area contributed by atoms with E-state index in [-0.39, 0.29) is 17.9 Å². The molecule has 0 unspecified atom stereocenters. The first-order valence-electron chi connectivity index (χ1n) is 6.29. The van der Waals surface area contributed by atoms with Crippen molar-refractivity contribution in [3.63, 3.8) is 0 Å². The van der Waals surface area contributed by atoms with Crippen LogP contribution in [-0.2, 0) is 4.79 Å². The maximum atomic E-state index is 11.7. The van der Waals surface area contributed by atoms with Crippen LogP contribution in [0.15, 0.2) is 0 Å². The number of rotatable bonds is 7. The second-order valence-electron chi connectivity index (χ2n) is 4.91. The van der Waals surface area contributed by atoms with E-state index in [4.69, 9.17) is 5.73 Å². The van der Waals surface area contributed by atoms with Crippen LogP contribution in [0.3, 0.4) is 0 Å². The van der Waals surface area contributed by atoms with Gasteiger partial charge in [0.1, 0.15) is 0 Å². The molecular weight excluding hydrogens is 202 g/mol. The molecule has 0 aromatic heterocycles. The summed E-state index contributed by atoms with van der Waals surface area (Å²) in [6, 6.07) is 0.386. The zero-order valence-corrected chi connectivity index (χ0v) is 10.7. The van der Waals surface area contributed by atoms with Gasteiger partial charge in [-0.05, 0) is 25.8 Å². The molecule has 16 heavy (non-hydrogen) atoms. The van der Waals surface area contributed by atoms with Gasteiger partial charge in [0.2, 0.25) is 5.91 Å². The van der Waals surface area contributed by atoms with Crippen molar-refractivity contribution in [3.05, 3.63) is 0 Å². The van der Waals surface area contributed by atoms with Crippen LogP contribution in [-0.4, -0.2) is 43.0 Å². The molecule has 0 radical (unpaired) electrons. The molecule has 1 rings (SSSR count). The standard InChI is InChI=1S/C12H25N3O/c1-4-9(2)11(13)12(16)14-7-8-15(3)10-5-6-10/h9-11H,4-8,13H2,1-3H3,(H,14,16)/t9-,11-/m0/s1. The molecule has 94 valence electrons. The summed E-state index contributed by atoms with van der Waals surface area (Å²) in [5.41, 5.74) is 5.83. The van der Waals surface area contributed by atoms with Crippen LogP contribution in [0.4, 0.5) is 0 Å². The van der Waals surface area contributed by atoms with Gasteiger partial charge in [0, 0.05) is 19.1 Å². The molecule has 4 heteroatoms. The maximum absolute atomic E-state index is 11.7. The molecule has 2 atom stereocenters. The smallest absolute Gasteiger partial charge is 0.237 e. The minimum Gasteiger partial charge on any atom is -0.353 e. The van der Waals surface area contributed by atoms with Gasteiger partial charge in [-0.3, -0.25) is 4.79 Å². The van der Waals surface area contributed by atoms with E-state index in [1.54, 1.807) is 0 Å². The summed E-state index contributed by atoms with van der Waals surface area (Å²) in [7, 11) is 2.11. The molecule has 1 aliphatic rings. The number of hydrogen-bond donors (Lipinski definition) is 2. The lowest BCUT2D eigenvalue weighted by molar-refractivity contribution is -0.123. The first-order chi connectivity index (χ1) is 7.56. The van der Waals surface area contributed by atoms with Gasteiger partial charge < -0.3 is 16.0 Å². The Hall–Kier alpha value is -0.610. The van der Waals surface area contributed by atoms with Crippen molar-refractivity contribution in [2.75, 3.05) is 20.1 Å². The first-order valence-corrected chi connectivity index (χ1v) is 6.29. The summed E-state index contributed by atoms with van der Waals surface area (Å²) >= 11 is 0. The number of hydrogen-bond acceptors (Lipinski definition) is 3. The van der Waals surface area contributed by atoms with Crippen molar-refractivity contribution >= 4 is 5.91 Å². The quantitative estimate of drug-likeness (QED) is 0.668. The van der Waals surface area contributed by atoms with Gasteiger partial charge in [-0.2, -0.15) is 0 Å². The SMILES string of the molecule is CC[C@H](C)[C@H](N)C(=O)NCCN(C)C1CC1. The monoisotopic (exact) mass is 227 g/mol. The first kappa shape index (κ1) is 13.5. The fourth-order valence-electron chi connectivity index (χ4n) is 1.68. The molecule has 0 spiro atoms. The topological polar surface area (TPSA) is 58.4 Å². The third-order valence-electron chi connectivity index (χ3n) is 3.49. The van der Waals surface area contributed by atoms with Gasteiger partial charge in [-0.15, -0.1) is 0 Å². The van der Waals surface area contributed by atoms with E-state index >= 15 is 0 Å². The summed E-state index contributed by atoms with van der Waals surface area (Å²) in [5.74, 6) is 0.236. The maximum Gasteiger partial charge on any atom is 0.237 e. The highest BCUT2D eigenvalue weighted by molar-refractivity contribution is 5.81. The van der Waals surface area contributed by atoms with E-state index in [1.165, 1.54) is 12.8 Å². The molecule has 0 heterocycles. The zero-order valence-electron chi connectivity index (χ0n) is 10.7. The van der Waals surface area contributed by atoms with Crippen molar-refractivity contribution in [2.24, 2.45) is 11.7 Å². The van der Waals surface area contributed by atoms with Crippen LogP contribution in [0.2, 0.25) is 0 Å². The van der Waals surface area contributed by atoms with Gasteiger partial charge in [0.05, 0.1) is 6.04 Å². The number of carbonyl (C=O) groups is 1. The van der Waals surface area contributed by atoms with Gasteiger partial charge in [-0.1, -0.05) is 20.3 Å². The minimum atomic E-state index is -0.365. The van der Waals surface area contributed by atoms with Crippen LogP contribution >= 0.6 is 0 Å². The molecule has 1 saturated carbocycles. The Morgan fingerprint density at radius 3 is 2.69 bits per heavy atom. The van der Waals surface area contributed by atoms with Crippen LogP contribution < -0.4 is 11.1 Å². The van der Waals surface area contributed by atoms with E-state index < -0.39 is 0 Å². The van der Waals surface area contributed by atoms with Gasteiger partial charge in [0.25, 0.3) is 0 Å². The molecule has 0 saturated heterocycles. The van der Waals surface area contributed by atoms with E-state index in [2.05, 4.69) is 24.2 Å². The van der Waals surface area contributed by atoms with Gasteiger partial charge in [0.15, 0.2) is 0 Å². The Labute approximate surface area is 98.6 Å². The highest BCUT2D eigenvalue weighted by Crippen LogP contribution is 2.24. The van der Waals surface area contributed by atoms with Gasteiger partial charge >= 0.3 is 0 Å². The summed E-state index contributed by atoms with van der Waals surface area (Å²) in [4.78, 5) is 14.0. The highest BCUT2D eigenvalue weighted by Gasteiger charge is 2.25. The van der Waals surface area contributed by atoms with E-state index in [0.717, 1.165) is 19.0 Å². The normalized spacial score (nSPS) is 19.6. The lowest BCUT2D eigenvalue weighted by Crippen LogP contribution is -2.46. The molecule has 0 aliphatic heterocycles. The summed E-state index contributed by atoms with van der Waals surface area (Å²) in [5, 5.41) is 2.91. The summed E-state index contributed by atoms with van der Waals surface area (Å²) in [6.45, 7) is 5.69. The van der Waals surface area contributed by atoms with E-state index in [0.29, 0.717) is 6.54 Å². The number of carbonyl (C=O) groups excluding carboxylic acids is 1. The lowest BCUT2D eigenvalue weighted by atomic mass is 9.99. The number of nitrogens with one attached hydrogen (secondary N) is 1. The summed E-state index contributed by atoms with van der Waals surface area (Å²) in [6.07, 6.45) is 3.55. The Morgan fingerprint density at radius 2 is 2.19 bits per heavy atom. The number of nitrogens with zero attached hydrogens (tertiary/aromatic N) is 1. The van der Waals surface area contributed by atoms with Crippen LogP contribution in [0.25, 0.3) is 0 Å². The number of nitrogens with two attached hydrogens (primary N) is 1. The predicted molar refractivity (Wildman–Crippen MR) is 66.1 cm³/mol. The Bertz CT molecular complexity index is 228. The molecule has 0 aromatic rings. The molecule has 0 bridgehead atoms. The molecule has 3 N–H and O–H groups in total. The third kappa shape index (κ3) is 4.10. The van der Waals surface area contributed by atoms with Crippen LogP contribution in [0.5, 0.6) is 0 Å². The number of amides is 1. The average Bonchev–Trinajstić information content (AvgIpc) is 3.10. The fourth-order valence-corrected chi connectivity index (χ4v) is 1.68. The van der Waals surface area contributed by atoms with E-state index in [9.17, 15) is 4.79 Å². The molecule has 0 aromatic carbocycles. The highest BCUT2D eigenvalue weighted by atomic mass is 16.2. The molecule has 1 amide bonds. The molecule has 1 fully saturated rings. The minimum absolute atomic E-state index is 0.0152. The van der Waals surface area contributed by atoms with E-state index in [1.807, 2.05) is 6.92 Å². The van der Waals surface area contributed by atoms with Crippen LogP contribution in [0, 0.1) is 5.92 Å². The lowest BCUT2D eigenvalue weighted by Gasteiger charge is -2.20. The largest absolute Gasteiger partial charge is 0.353 e.